The van der Waals surface area contributed by atoms with Crippen molar-refractivity contribution >= 4 is 5.97 Å². The summed E-state index contributed by atoms with van der Waals surface area (Å²) in [7, 11) is 0. The van der Waals surface area contributed by atoms with E-state index in [1.54, 1.807) is 0 Å². The molecule has 0 aliphatic carbocycles. The third kappa shape index (κ3) is 2.83. The molecule has 0 radical (unpaired) electrons. The average molecular weight is 281 g/mol. The van der Waals surface area contributed by atoms with Crippen LogP contribution in [0.1, 0.15) is 37.4 Å². The Balaban J connectivity index is 1.65. The maximum Gasteiger partial charge on any atom is 0.303 e. The Morgan fingerprint density at radius 2 is 2.45 bits per heavy atom. The number of carbonyl (C=O) groups is 1. The summed E-state index contributed by atoms with van der Waals surface area (Å²) >= 11 is 0. The van der Waals surface area contributed by atoms with Gasteiger partial charge in [0, 0.05) is 38.7 Å². The Bertz CT molecular complexity index is 482. The largest absolute Gasteiger partial charge is 0.481 e. The lowest BCUT2D eigenvalue weighted by molar-refractivity contribution is -0.136. The van der Waals surface area contributed by atoms with E-state index in [0.29, 0.717) is 19.6 Å². The van der Waals surface area contributed by atoms with Crippen LogP contribution in [0.15, 0.2) is 6.20 Å². The van der Waals surface area contributed by atoms with Crippen LogP contribution in [0.2, 0.25) is 0 Å². The number of carboxylic acids is 1. The van der Waals surface area contributed by atoms with Crippen LogP contribution < -0.4 is 0 Å². The van der Waals surface area contributed by atoms with E-state index in [1.807, 2.05) is 10.9 Å². The molecule has 2 aliphatic heterocycles. The topological polar surface area (TPSA) is 86.5 Å². The van der Waals surface area contributed by atoms with Gasteiger partial charge in [-0.05, 0) is 6.42 Å². The lowest BCUT2D eigenvalue weighted by atomic mass is 9.90. The smallest absolute Gasteiger partial charge is 0.303 e. The minimum atomic E-state index is -0.812. The van der Waals surface area contributed by atoms with Gasteiger partial charge in [-0.25, -0.2) is 4.68 Å². The molecule has 3 rings (SSSR count). The summed E-state index contributed by atoms with van der Waals surface area (Å²) in [6.45, 7) is 2.12. The number of aliphatic carboxylic acids is 1. The quantitative estimate of drug-likeness (QED) is 0.878. The average Bonchev–Trinajstić information content (AvgIpc) is 3.06. The number of aromatic nitrogens is 3. The van der Waals surface area contributed by atoms with E-state index in [9.17, 15) is 4.79 Å². The molecule has 110 valence electrons. The molecule has 2 atom stereocenters. The molecule has 3 heterocycles. The molecule has 7 nitrogen and oxygen atoms in total. The van der Waals surface area contributed by atoms with Crippen LogP contribution in [-0.2, 0) is 20.7 Å². The van der Waals surface area contributed by atoms with E-state index >= 15 is 0 Å². The molecule has 1 N–H and O–H groups in total. The zero-order valence-corrected chi connectivity index (χ0v) is 11.3. The molecular formula is C13H19N3O4. The van der Waals surface area contributed by atoms with Gasteiger partial charge in [0.05, 0.1) is 30.4 Å². The monoisotopic (exact) mass is 281 g/mol. The van der Waals surface area contributed by atoms with Crippen LogP contribution >= 0.6 is 0 Å². The van der Waals surface area contributed by atoms with Crippen LogP contribution in [-0.4, -0.2) is 51.5 Å². The highest BCUT2D eigenvalue weighted by Gasteiger charge is 2.41. The molecule has 0 aromatic carbocycles. The van der Waals surface area contributed by atoms with Crippen molar-refractivity contribution in [3.05, 3.63) is 11.9 Å². The molecule has 2 aliphatic rings. The van der Waals surface area contributed by atoms with E-state index in [0.717, 1.165) is 31.6 Å². The molecule has 2 fully saturated rings. The highest BCUT2D eigenvalue weighted by Crippen LogP contribution is 2.37. The van der Waals surface area contributed by atoms with E-state index in [2.05, 4.69) is 10.3 Å². The third-order valence-corrected chi connectivity index (χ3v) is 4.06. The summed E-state index contributed by atoms with van der Waals surface area (Å²) < 4.78 is 13.2. The molecular weight excluding hydrogens is 262 g/mol. The molecule has 0 saturated carbocycles. The predicted octanol–water partition coefficient (Wildman–Crippen LogP) is 0.806. The molecule has 1 aromatic rings. The van der Waals surface area contributed by atoms with Gasteiger partial charge >= 0.3 is 5.97 Å². The van der Waals surface area contributed by atoms with Gasteiger partial charge in [-0.3, -0.25) is 4.79 Å². The summed E-state index contributed by atoms with van der Waals surface area (Å²) in [5.74, 6) is -0.812. The number of hydrogen-bond donors (Lipinski definition) is 1. The van der Waals surface area contributed by atoms with Crippen LogP contribution in [0, 0.1) is 0 Å². The Hall–Kier alpha value is -1.47. The highest BCUT2D eigenvalue weighted by molar-refractivity contribution is 5.66. The summed E-state index contributed by atoms with van der Waals surface area (Å²) in [5.41, 5.74) is 0.575. The third-order valence-electron chi connectivity index (χ3n) is 4.06. The number of aryl methyl sites for hydroxylation is 1. The maximum absolute atomic E-state index is 10.6. The second-order valence-electron chi connectivity index (χ2n) is 5.56. The van der Waals surface area contributed by atoms with Gasteiger partial charge in [0.15, 0.2) is 0 Å². The van der Waals surface area contributed by atoms with Crippen LogP contribution in [0.3, 0.4) is 0 Å². The van der Waals surface area contributed by atoms with Gasteiger partial charge in [-0.2, -0.15) is 0 Å². The molecule has 2 saturated heterocycles. The minimum absolute atomic E-state index is 0.0875. The van der Waals surface area contributed by atoms with E-state index in [4.69, 9.17) is 14.6 Å². The van der Waals surface area contributed by atoms with Crippen LogP contribution in [0.5, 0.6) is 0 Å². The van der Waals surface area contributed by atoms with E-state index in [-0.39, 0.29) is 18.1 Å². The predicted molar refractivity (Wildman–Crippen MR) is 68.4 cm³/mol. The first-order chi connectivity index (χ1) is 9.67. The highest BCUT2D eigenvalue weighted by atomic mass is 16.6. The van der Waals surface area contributed by atoms with Crippen molar-refractivity contribution in [1.29, 1.82) is 0 Å². The normalized spacial score (nSPS) is 29.9. The Kier molecular flexibility index (Phi) is 3.71. The zero-order valence-electron chi connectivity index (χ0n) is 11.3. The minimum Gasteiger partial charge on any atom is -0.481 e. The summed E-state index contributed by atoms with van der Waals surface area (Å²) in [4.78, 5) is 10.6. The van der Waals surface area contributed by atoms with E-state index < -0.39 is 5.97 Å². The van der Waals surface area contributed by atoms with Gasteiger partial charge in [0.2, 0.25) is 0 Å². The van der Waals surface area contributed by atoms with Crippen molar-refractivity contribution in [2.45, 2.75) is 43.7 Å². The first-order valence-corrected chi connectivity index (χ1v) is 7.01. The molecule has 0 bridgehead atoms. The van der Waals surface area contributed by atoms with Gasteiger partial charge in [0.25, 0.3) is 0 Å². The van der Waals surface area contributed by atoms with Crippen molar-refractivity contribution in [1.82, 2.24) is 15.0 Å². The molecule has 0 amide bonds. The van der Waals surface area contributed by atoms with E-state index in [1.165, 1.54) is 0 Å². The zero-order chi connectivity index (χ0) is 14.0. The van der Waals surface area contributed by atoms with Gasteiger partial charge < -0.3 is 14.6 Å². The number of hydrogen-bond acceptors (Lipinski definition) is 5. The summed E-state index contributed by atoms with van der Waals surface area (Å²) in [5, 5.41) is 16.9. The number of rotatable bonds is 4. The molecule has 7 heteroatoms. The summed E-state index contributed by atoms with van der Waals surface area (Å²) in [6, 6.07) is 0.261. The van der Waals surface area contributed by atoms with Gasteiger partial charge in [0.1, 0.15) is 0 Å². The van der Waals surface area contributed by atoms with Crippen molar-refractivity contribution < 1.29 is 19.4 Å². The fourth-order valence-electron chi connectivity index (χ4n) is 2.93. The Morgan fingerprint density at radius 1 is 1.55 bits per heavy atom. The molecule has 2 unspecified atom stereocenters. The second kappa shape index (κ2) is 5.49. The van der Waals surface area contributed by atoms with Crippen molar-refractivity contribution in [3.63, 3.8) is 0 Å². The molecule has 1 spiro atoms. The van der Waals surface area contributed by atoms with Crippen molar-refractivity contribution in [2.24, 2.45) is 0 Å². The SMILES string of the molecule is O=C(O)CCc1cn(C2CCOC3(CCOC3)C2)nn1. The molecule has 1 aromatic heterocycles. The van der Waals surface area contributed by atoms with Crippen LogP contribution in [0.25, 0.3) is 0 Å². The lowest BCUT2D eigenvalue weighted by Gasteiger charge is -2.36. The maximum atomic E-state index is 10.6. The fourth-order valence-corrected chi connectivity index (χ4v) is 2.93. The van der Waals surface area contributed by atoms with Crippen molar-refractivity contribution in [2.75, 3.05) is 19.8 Å². The van der Waals surface area contributed by atoms with Gasteiger partial charge in [-0.1, -0.05) is 5.21 Å². The standard InChI is InChI=1S/C13H19N3O4/c17-12(18)2-1-10-8-16(15-14-10)11-3-5-20-13(7-11)4-6-19-9-13/h8,11H,1-7,9H2,(H,17,18). The first kappa shape index (κ1) is 13.5. The Morgan fingerprint density at radius 3 is 3.20 bits per heavy atom. The Labute approximate surface area is 116 Å². The number of carboxylic acid groups (broad SMARTS) is 1. The number of ether oxygens (including phenoxy) is 2. The summed E-state index contributed by atoms with van der Waals surface area (Å²) in [6.07, 6.45) is 5.10. The second-order valence-corrected chi connectivity index (χ2v) is 5.56. The number of nitrogens with zero attached hydrogens (tertiary/aromatic N) is 3. The molecule has 20 heavy (non-hydrogen) atoms. The lowest BCUT2D eigenvalue weighted by Crippen LogP contribution is -2.41. The van der Waals surface area contributed by atoms with Crippen LogP contribution in [0.4, 0.5) is 0 Å². The van der Waals surface area contributed by atoms with Gasteiger partial charge in [-0.15, -0.1) is 5.10 Å². The fraction of sp³-hybridized carbons (Fsp3) is 0.769. The first-order valence-electron chi connectivity index (χ1n) is 7.01. The van der Waals surface area contributed by atoms with Crippen molar-refractivity contribution in [3.8, 4) is 0 Å².